The van der Waals surface area contributed by atoms with Gasteiger partial charge in [-0.3, -0.25) is 5.10 Å². The number of nitrogens with zero attached hydrogens (tertiary/aromatic N) is 2. The van der Waals surface area contributed by atoms with Gasteiger partial charge in [0, 0.05) is 6.04 Å². The standard InChI is InChI=1S/C6H10N4O/c7-5-2-11-1-4(5)6-8-3-9-10-6/h3-5H,1-2,7H2,(H,8,9,10). The summed E-state index contributed by atoms with van der Waals surface area (Å²) in [7, 11) is 0. The molecule has 0 bridgehead atoms. The molecule has 1 aromatic heterocycles. The van der Waals surface area contributed by atoms with Gasteiger partial charge < -0.3 is 10.5 Å². The lowest BCUT2D eigenvalue weighted by Gasteiger charge is -2.07. The summed E-state index contributed by atoms with van der Waals surface area (Å²) in [6.45, 7) is 1.27. The molecule has 2 unspecified atom stereocenters. The van der Waals surface area contributed by atoms with Gasteiger partial charge in [-0.25, -0.2) is 4.98 Å². The fraction of sp³-hybridized carbons (Fsp3) is 0.667. The van der Waals surface area contributed by atoms with E-state index in [0.717, 1.165) is 5.82 Å². The molecule has 2 rings (SSSR count). The third-order valence-corrected chi connectivity index (χ3v) is 1.91. The predicted octanol–water partition coefficient (Wildman–Crippen LogP) is -0.754. The molecule has 0 aromatic carbocycles. The molecule has 1 aromatic rings. The van der Waals surface area contributed by atoms with Crippen molar-refractivity contribution in [2.24, 2.45) is 5.73 Å². The van der Waals surface area contributed by atoms with Crippen molar-refractivity contribution in [1.29, 1.82) is 0 Å². The van der Waals surface area contributed by atoms with Crippen molar-refractivity contribution >= 4 is 0 Å². The van der Waals surface area contributed by atoms with Crippen molar-refractivity contribution in [3.63, 3.8) is 0 Å². The highest BCUT2D eigenvalue weighted by atomic mass is 16.5. The maximum absolute atomic E-state index is 5.76. The zero-order valence-corrected chi connectivity index (χ0v) is 6.03. The molecule has 0 radical (unpaired) electrons. The molecule has 0 aliphatic carbocycles. The van der Waals surface area contributed by atoms with Gasteiger partial charge in [0.2, 0.25) is 0 Å². The fourth-order valence-corrected chi connectivity index (χ4v) is 1.25. The summed E-state index contributed by atoms with van der Waals surface area (Å²) in [6.07, 6.45) is 1.49. The molecule has 3 N–H and O–H groups in total. The van der Waals surface area contributed by atoms with Crippen LogP contribution in [-0.4, -0.2) is 34.4 Å². The van der Waals surface area contributed by atoms with E-state index in [1.165, 1.54) is 6.33 Å². The maximum Gasteiger partial charge on any atom is 0.137 e. The number of hydrogen-bond donors (Lipinski definition) is 2. The van der Waals surface area contributed by atoms with Gasteiger partial charge in [0.1, 0.15) is 12.2 Å². The van der Waals surface area contributed by atoms with E-state index in [-0.39, 0.29) is 12.0 Å². The molecular formula is C6H10N4O. The van der Waals surface area contributed by atoms with Crippen LogP contribution in [0.1, 0.15) is 11.7 Å². The van der Waals surface area contributed by atoms with Gasteiger partial charge in [-0.1, -0.05) is 0 Å². The summed E-state index contributed by atoms with van der Waals surface area (Å²) in [5.74, 6) is 1.02. The molecule has 5 heteroatoms. The fourth-order valence-electron chi connectivity index (χ4n) is 1.25. The van der Waals surface area contributed by atoms with Crippen LogP contribution in [0.3, 0.4) is 0 Å². The number of aromatic amines is 1. The summed E-state index contributed by atoms with van der Waals surface area (Å²) < 4.78 is 5.18. The Hall–Kier alpha value is -0.940. The SMILES string of the molecule is NC1COCC1c1ncn[nH]1. The first-order valence-corrected chi connectivity index (χ1v) is 3.56. The summed E-state index contributed by atoms with van der Waals surface area (Å²) in [5, 5.41) is 6.54. The second-order valence-corrected chi connectivity index (χ2v) is 2.68. The number of rotatable bonds is 1. The Morgan fingerprint density at radius 1 is 1.64 bits per heavy atom. The molecule has 11 heavy (non-hydrogen) atoms. The van der Waals surface area contributed by atoms with Crippen molar-refractivity contribution in [3.05, 3.63) is 12.2 Å². The van der Waals surface area contributed by atoms with Crippen LogP contribution in [-0.2, 0) is 4.74 Å². The number of H-pyrrole nitrogens is 1. The zero-order chi connectivity index (χ0) is 7.68. The van der Waals surface area contributed by atoms with Gasteiger partial charge in [-0.05, 0) is 0 Å². The Morgan fingerprint density at radius 3 is 3.09 bits per heavy atom. The second-order valence-electron chi connectivity index (χ2n) is 2.68. The topological polar surface area (TPSA) is 76.8 Å². The van der Waals surface area contributed by atoms with Crippen molar-refractivity contribution in [2.45, 2.75) is 12.0 Å². The second kappa shape index (κ2) is 2.60. The van der Waals surface area contributed by atoms with Crippen LogP contribution in [0.5, 0.6) is 0 Å². The lowest BCUT2D eigenvalue weighted by molar-refractivity contribution is 0.190. The first-order valence-electron chi connectivity index (χ1n) is 3.56. The molecule has 5 nitrogen and oxygen atoms in total. The van der Waals surface area contributed by atoms with Crippen LogP contribution in [0.2, 0.25) is 0 Å². The van der Waals surface area contributed by atoms with Crippen LogP contribution >= 0.6 is 0 Å². The summed E-state index contributed by atoms with van der Waals surface area (Å²) in [5.41, 5.74) is 5.76. The van der Waals surface area contributed by atoms with Gasteiger partial charge in [0.15, 0.2) is 0 Å². The molecule has 2 heterocycles. The molecule has 0 saturated carbocycles. The number of nitrogens with one attached hydrogen (secondary N) is 1. The van der Waals surface area contributed by atoms with E-state index in [1.807, 2.05) is 0 Å². The summed E-state index contributed by atoms with van der Waals surface area (Å²) in [4.78, 5) is 4.02. The van der Waals surface area contributed by atoms with E-state index in [0.29, 0.717) is 13.2 Å². The minimum atomic E-state index is 0.0583. The molecule has 1 aliphatic heterocycles. The molecule has 1 aliphatic rings. The molecule has 0 spiro atoms. The largest absolute Gasteiger partial charge is 0.379 e. The van der Waals surface area contributed by atoms with E-state index in [1.54, 1.807) is 0 Å². The Labute approximate surface area is 64.0 Å². The van der Waals surface area contributed by atoms with Crippen molar-refractivity contribution in [1.82, 2.24) is 15.2 Å². The molecule has 0 amide bonds. The monoisotopic (exact) mass is 154 g/mol. The average Bonchev–Trinajstić information content (AvgIpc) is 2.55. The smallest absolute Gasteiger partial charge is 0.137 e. The third kappa shape index (κ3) is 1.12. The number of ether oxygens (including phenoxy) is 1. The van der Waals surface area contributed by atoms with Gasteiger partial charge in [-0.2, -0.15) is 5.10 Å². The quantitative estimate of drug-likeness (QED) is 0.557. The molecular weight excluding hydrogens is 144 g/mol. The lowest BCUT2D eigenvalue weighted by atomic mass is 10.0. The summed E-state index contributed by atoms with van der Waals surface area (Å²) >= 11 is 0. The normalized spacial score (nSPS) is 31.0. The molecule has 2 atom stereocenters. The first-order chi connectivity index (χ1) is 5.38. The number of hydrogen-bond acceptors (Lipinski definition) is 4. The van der Waals surface area contributed by atoms with Crippen LogP contribution in [0.4, 0.5) is 0 Å². The zero-order valence-electron chi connectivity index (χ0n) is 6.03. The minimum Gasteiger partial charge on any atom is -0.379 e. The molecule has 1 fully saturated rings. The lowest BCUT2D eigenvalue weighted by Crippen LogP contribution is -2.27. The van der Waals surface area contributed by atoms with Gasteiger partial charge >= 0.3 is 0 Å². The van der Waals surface area contributed by atoms with Crippen LogP contribution in [0, 0.1) is 0 Å². The predicted molar refractivity (Wildman–Crippen MR) is 37.9 cm³/mol. The van der Waals surface area contributed by atoms with Gasteiger partial charge in [0.25, 0.3) is 0 Å². The maximum atomic E-state index is 5.76. The van der Waals surface area contributed by atoms with Crippen molar-refractivity contribution in [3.8, 4) is 0 Å². The van der Waals surface area contributed by atoms with Crippen LogP contribution in [0.15, 0.2) is 6.33 Å². The van der Waals surface area contributed by atoms with E-state index in [9.17, 15) is 0 Å². The first kappa shape index (κ1) is 6.75. The van der Waals surface area contributed by atoms with E-state index in [2.05, 4.69) is 15.2 Å². The minimum absolute atomic E-state index is 0.0583. The van der Waals surface area contributed by atoms with E-state index < -0.39 is 0 Å². The van der Waals surface area contributed by atoms with Crippen molar-refractivity contribution in [2.75, 3.05) is 13.2 Å². The Morgan fingerprint density at radius 2 is 2.55 bits per heavy atom. The van der Waals surface area contributed by atoms with Crippen LogP contribution < -0.4 is 5.73 Å². The molecule has 60 valence electrons. The van der Waals surface area contributed by atoms with E-state index >= 15 is 0 Å². The van der Waals surface area contributed by atoms with Crippen molar-refractivity contribution < 1.29 is 4.74 Å². The highest BCUT2D eigenvalue weighted by Gasteiger charge is 2.28. The number of nitrogens with two attached hydrogens (primary N) is 1. The van der Waals surface area contributed by atoms with Gasteiger partial charge in [0.05, 0.1) is 19.1 Å². The van der Waals surface area contributed by atoms with Gasteiger partial charge in [-0.15, -0.1) is 0 Å². The Kier molecular flexibility index (Phi) is 1.59. The highest BCUT2D eigenvalue weighted by Crippen LogP contribution is 2.19. The van der Waals surface area contributed by atoms with Crippen LogP contribution in [0.25, 0.3) is 0 Å². The molecule has 1 saturated heterocycles. The highest BCUT2D eigenvalue weighted by molar-refractivity contribution is 5.01. The Balaban J connectivity index is 2.16. The Bertz CT molecular complexity index is 222. The van der Waals surface area contributed by atoms with E-state index in [4.69, 9.17) is 10.5 Å². The number of aromatic nitrogens is 3. The summed E-state index contributed by atoms with van der Waals surface area (Å²) in [6, 6.07) is 0.0583. The third-order valence-electron chi connectivity index (χ3n) is 1.91. The average molecular weight is 154 g/mol.